The Hall–Kier alpha value is -2.11. The first-order chi connectivity index (χ1) is 9.54. The quantitative estimate of drug-likeness (QED) is 0.779. The number of hydrogen-bond acceptors (Lipinski definition) is 3. The summed E-state index contributed by atoms with van der Waals surface area (Å²) in [5.74, 6) is -1.01. The fourth-order valence-corrected chi connectivity index (χ4v) is 2.49. The summed E-state index contributed by atoms with van der Waals surface area (Å²) < 4.78 is 20.2. The number of benzene rings is 1. The lowest BCUT2D eigenvalue weighted by Gasteiger charge is -2.14. The topological polar surface area (TPSA) is 48.3 Å². The molecule has 0 atom stereocenters. The maximum absolute atomic E-state index is 13.8. The van der Waals surface area contributed by atoms with Crippen LogP contribution in [0.4, 0.5) is 4.39 Å². The molecule has 1 aliphatic rings. The molecule has 1 aromatic heterocycles. The van der Waals surface area contributed by atoms with Gasteiger partial charge in [-0.15, -0.1) is 0 Å². The van der Waals surface area contributed by atoms with Gasteiger partial charge in [0.25, 0.3) is 0 Å². The highest BCUT2D eigenvalue weighted by Gasteiger charge is 2.28. The smallest absolute Gasteiger partial charge is 0.326 e. The Labute approximate surface area is 115 Å². The van der Waals surface area contributed by atoms with Crippen LogP contribution >= 0.6 is 0 Å². The molecule has 1 aliphatic carbocycles. The molecule has 2 aromatic rings. The number of aryl methyl sites for hydroxylation is 1. The van der Waals surface area contributed by atoms with Crippen LogP contribution in [-0.4, -0.2) is 18.6 Å². The largest absolute Gasteiger partial charge is 0.540 e. The molecule has 102 valence electrons. The molecule has 1 fully saturated rings. The third-order valence-corrected chi connectivity index (χ3v) is 3.73. The molecule has 20 heavy (non-hydrogen) atoms. The molecular weight excluding hydrogens is 260 g/mol. The van der Waals surface area contributed by atoms with E-state index >= 15 is 0 Å². The first-order valence-electron chi connectivity index (χ1n) is 6.47. The number of rotatable bonds is 2. The first-order valence-corrected chi connectivity index (χ1v) is 6.47. The lowest BCUT2D eigenvalue weighted by molar-refractivity contribution is 0.0747. The highest BCUT2D eigenvalue weighted by molar-refractivity contribution is 6.10. The lowest BCUT2D eigenvalue weighted by atomic mass is 10.1. The van der Waals surface area contributed by atoms with E-state index < -0.39 is 11.4 Å². The van der Waals surface area contributed by atoms with Crippen molar-refractivity contribution in [3.05, 3.63) is 45.5 Å². The summed E-state index contributed by atoms with van der Waals surface area (Å²) in [6.07, 6.45) is 3.43. The van der Waals surface area contributed by atoms with Crippen LogP contribution in [0.25, 0.3) is 10.9 Å². The van der Waals surface area contributed by atoms with E-state index in [2.05, 4.69) is 4.65 Å². The molecule has 0 amide bonds. The van der Waals surface area contributed by atoms with Crippen molar-refractivity contribution in [1.29, 1.82) is 0 Å². The van der Waals surface area contributed by atoms with Gasteiger partial charge in [0.2, 0.25) is 5.43 Å². The molecule has 1 saturated carbocycles. The van der Waals surface area contributed by atoms with E-state index in [1.165, 1.54) is 26.4 Å². The van der Waals surface area contributed by atoms with E-state index in [4.69, 9.17) is 0 Å². The third kappa shape index (κ3) is 1.83. The van der Waals surface area contributed by atoms with Crippen molar-refractivity contribution in [1.82, 2.24) is 4.57 Å². The predicted molar refractivity (Wildman–Crippen MR) is 75.1 cm³/mol. The normalized spacial score (nSPS) is 14.5. The van der Waals surface area contributed by atoms with Gasteiger partial charge in [-0.2, -0.15) is 0 Å². The van der Waals surface area contributed by atoms with Crippen LogP contribution in [0.15, 0.2) is 23.1 Å². The second-order valence-electron chi connectivity index (χ2n) is 5.07. The fraction of sp³-hybridized carbons (Fsp3) is 0.286. The first kappa shape index (κ1) is 12.9. The van der Waals surface area contributed by atoms with Crippen molar-refractivity contribution in [3.8, 4) is 0 Å². The lowest BCUT2D eigenvalue weighted by Crippen LogP contribution is -2.20. The summed E-state index contributed by atoms with van der Waals surface area (Å²) in [5.41, 5.74) is 0.595. The second kappa shape index (κ2) is 4.47. The van der Waals surface area contributed by atoms with Gasteiger partial charge in [-0.1, -0.05) is 0 Å². The second-order valence-corrected chi connectivity index (χ2v) is 5.07. The molecule has 1 heterocycles. The number of halogens is 1. The molecule has 0 bridgehead atoms. The van der Waals surface area contributed by atoms with E-state index in [1.807, 2.05) is 4.57 Å². The number of nitrogens with zero attached hydrogens (tertiary/aromatic N) is 1. The summed E-state index contributed by atoms with van der Waals surface area (Å²) in [5, 5.41) is 0.360. The molecule has 1 aromatic carbocycles. The van der Waals surface area contributed by atoms with E-state index in [9.17, 15) is 14.0 Å². The fourth-order valence-electron chi connectivity index (χ4n) is 2.49. The third-order valence-electron chi connectivity index (χ3n) is 3.73. The summed E-state index contributed by atoms with van der Waals surface area (Å²) in [4.78, 5) is 24.1. The number of pyridine rings is 1. The van der Waals surface area contributed by atoms with Crippen LogP contribution < -0.4 is 5.43 Å². The SMILES string of the molecule is BOC(=O)c1cn(C2CC2)c2c(C)c(F)ccc2c1=O. The highest BCUT2D eigenvalue weighted by atomic mass is 19.1. The van der Waals surface area contributed by atoms with Crippen molar-refractivity contribution in [2.24, 2.45) is 0 Å². The van der Waals surface area contributed by atoms with E-state index in [-0.39, 0.29) is 17.4 Å². The van der Waals surface area contributed by atoms with Crippen molar-refractivity contribution >= 4 is 24.9 Å². The zero-order valence-electron chi connectivity index (χ0n) is 11.3. The summed E-state index contributed by atoms with van der Waals surface area (Å²) >= 11 is 0. The number of carbonyl (C=O) groups excluding carboxylic acids is 1. The monoisotopic (exact) mass is 273 g/mol. The summed E-state index contributed by atoms with van der Waals surface area (Å²) in [6.45, 7) is 1.65. The van der Waals surface area contributed by atoms with Crippen molar-refractivity contribution < 1.29 is 13.8 Å². The minimum Gasteiger partial charge on any atom is -0.540 e. The van der Waals surface area contributed by atoms with Gasteiger partial charge >= 0.3 is 14.0 Å². The average Bonchev–Trinajstić information content (AvgIpc) is 3.27. The predicted octanol–water partition coefficient (Wildman–Crippen LogP) is 1.49. The molecule has 3 rings (SSSR count). The number of carbonyl (C=O) groups is 1. The van der Waals surface area contributed by atoms with Crippen LogP contribution in [0.3, 0.4) is 0 Å². The molecule has 0 saturated heterocycles. The standard InChI is InChI=1S/C14H13BFNO3/c1-7-11(16)5-4-9-12(7)17(8-2-3-8)6-10(13(9)18)14(19)20-15/h4-6,8H,2-3,15H2,1H3. The average molecular weight is 273 g/mol. The number of fused-ring (bicyclic) bond motifs is 1. The van der Waals surface area contributed by atoms with Crippen LogP contribution in [0, 0.1) is 12.7 Å². The van der Waals surface area contributed by atoms with Gasteiger partial charge in [-0.05, 0) is 31.9 Å². The molecule has 0 aliphatic heterocycles. The van der Waals surface area contributed by atoms with Crippen LogP contribution in [0.1, 0.15) is 34.8 Å². The maximum Gasteiger partial charge on any atom is 0.326 e. The minimum absolute atomic E-state index is 0.00194. The summed E-state index contributed by atoms with van der Waals surface area (Å²) in [6, 6.07) is 2.92. The van der Waals surface area contributed by atoms with Gasteiger partial charge in [0.1, 0.15) is 11.4 Å². The van der Waals surface area contributed by atoms with Gasteiger partial charge < -0.3 is 9.22 Å². The Balaban J connectivity index is 2.43. The number of aromatic nitrogens is 1. The molecule has 6 heteroatoms. The van der Waals surface area contributed by atoms with Gasteiger partial charge in [0.15, 0.2) is 0 Å². The van der Waals surface area contributed by atoms with Gasteiger partial charge in [-0.25, -0.2) is 9.18 Å². The molecule has 4 nitrogen and oxygen atoms in total. The molecular formula is C14H13BFNO3. The van der Waals surface area contributed by atoms with Gasteiger partial charge in [-0.3, -0.25) is 4.79 Å². The molecule has 0 radical (unpaired) electrons. The molecule has 0 spiro atoms. The Morgan fingerprint density at radius 1 is 1.45 bits per heavy atom. The van der Waals surface area contributed by atoms with Crippen LogP contribution in [-0.2, 0) is 4.65 Å². The van der Waals surface area contributed by atoms with Crippen LogP contribution in [0.2, 0.25) is 0 Å². The van der Waals surface area contributed by atoms with Crippen molar-refractivity contribution in [2.45, 2.75) is 25.8 Å². The molecule has 0 unspecified atom stereocenters. The summed E-state index contributed by atoms with van der Waals surface area (Å²) in [7, 11) is 1.24. The highest BCUT2D eigenvalue weighted by Crippen LogP contribution is 2.37. The number of hydrogen-bond donors (Lipinski definition) is 0. The Morgan fingerprint density at radius 3 is 2.75 bits per heavy atom. The van der Waals surface area contributed by atoms with E-state index in [0.29, 0.717) is 16.5 Å². The zero-order valence-corrected chi connectivity index (χ0v) is 11.3. The van der Waals surface area contributed by atoms with E-state index in [1.54, 1.807) is 6.92 Å². The Kier molecular flexibility index (Phi) is 2.89. The van der Waals surface area contributed by atoms with Gasteiger partial charge in [0, 0.05) is 23.2 Å². The van der Waals surface area contributed by atoms with Crippen LogP contribution in [0.5, 0.6) is 0 Å². The Morgan fingerprint density at radius 2 is 2.15 bits per heavy atom. The van der Waals surface area contributed by atoms with Crippen molar-refractivity contribution in [3.63, 3.8) is 0 Å². The Bertz CT molecular complexity index is 780. The van der Waals surface area contributed by atoms with E-state index in [0.717, 1.165) is 12.8 Å². The van der Waals surface area contributed by atoms with Gasteiger partial charge in [0.05, 0.1) is 5.52 Å². The maximum atomic E-state index is 13.8. The minimum atomic E-state index is -0.659. The van der Waals surface area contributed by atoms with Crippen molar-refractivity contribution in [2.75, 3.05) is 0 Å². The zero-order chi connectivity index (χ0) is 14.4. The molecule has 0 N–H and O–H groups in total.